The summed E-state index contributed by atoms with van der Waals surface area (Å²) >= 11 is 6.29. The van der Waals surface area contributed by atoms with Crippen LogP contribution in [0, 0.1) is 23.0 Å². The zero-order valence-corrected chi connectivity index (χ0v) is 21.0. The fourth-order valence-electron chi connectivity index (χ4n) is 4.52. The van der Waals surface area contributed by atoms with Gasteiger partial charge < -0.3 is 10.6 Å². The largest absolute Gasteiger partial charge is 0.416 e. The van der Waals surface area contributed by atoms with E-state index in [2.05, 4.69) is 15.7 Å². The van der Waals surface area contributed by atoms with Crippen LogP contribution in [0.5, 0.6) is 0 Å². The first kappa shape index (κ1) is 26.8. The predicted octanol–water partition coefficient (Wildman–Crippen LogP) is 5.99. The van der Waals surface area contributed by atoms with E-state index in [1.165, 1.54) is 29.1 Å². The number of hydrogen-bond donors (Lipinski definition) is 2. The molecule has 0 radical (unpaired) electrons. The van der Waals surface area contributed by atoms with E-state index >= 15 is 0 Å². The lowest BCUT2D eigenvalue weighted by atomic mass is 9.92. The van der Waals surface area contributed by atoms with Crippen LogP contribution in [-0.2, 0) is 13.2 Å². The number of nitrogens with one attached hydrogen (secondary N) is 2. The summed E-state index contributed by atoms with van der Waals surface area (Å²) < 4.78 is 69.3. The van der Waals surface area contributed by atoms with E-state index in [-0.39, 0.29) is 44.7 Å². The lowest BCUT2D eigenvalue weighted by Crippen LogP contribution is -2.21. The van der Waals surface area contributed by atoms with E-state index in [9.17, 15) is 36.8 Å². The molecule has 1 aliphatic rings. The van der Waals surface area contributed by atoms with Crippen molar-refractivity contribution in [2.24, 2.45) is 7.05 Å². The van der Waals surface area contributed by atoms with Gasteiger partial charge in [-0.05, 0) is 54.1 Å². The van der Waals surface area contributed by atoms with Crippen LogP contribution in [-0.4, -0.2) is 21.6 Å². The molecule has 2 heterocycles. The van der Waals surface area contributed by atoms with Gasteiger partial charge in [0.25, 0.3) is 11.8 Å². The fourth-order valence-corrected chi connectivity index (χ4v) is 4.75. The van der Waals surface area contributed by atoms with Crippen molar-refractivity contribution >= 4 is 29.1 Å². The number of aryl methyl sites for hydroxylation is 1. The van der Waals surface area contributed by atoms with E-state index < -0.39 is 46.8 Å². The standard InChI is InChI=1S/C27H15ClF5N5O2/c1-38-11-19(22(10-34)37-38)12-6-18-23(24(36-26(18)40)17-9-15(29)2-3-20(17)28)21(7-12)35-25(39)13-4-14(27(31,32)33)8-16(30)5-13/h2-9,11,24H,1H3,(H,35,39)(H,36,40)/t24-/m0/s1. The SMILES string of the molecule is Cn1cc(-c2cc(NC(=O)c3cc(F)cc(C(F)(F)F)c3)c3c(c2)C(=O)N[C@H]3c2cc(F)ccc2Cl)c(C#N)n1. The molecule has 1 atom stereocenters. The number of halogens is 6. The molecule has 4 aromatic rings. The number of nitrogens with zero attached hydrogens (tertiary/aromatic N) is 3. The number of anilines is 1. The van der Waals surface area contributed by atoms with Crippen LogP contribution < -0.4 is 10.6 Å². The van der Waals surface area contributed by atoms with Gasteiger partial charge in [-0.2, -0.15) is 23.5 Å². The molecule has 0 unspecified atom stereocenters. The second kappa shape index (κ2) is 9.77. The van der Waals surface area contributed by atoms with Gasteiger partial charge in [0.2, 0.25) is 0 Å². The molecule has 13 heteroatoms. The number of nitriles is 1. The van der Waals surface area contributed by atoms with Crippen LogP contribution in [0.4, 0.5) is 27.6 Å². The van der Waals surface area contributed by atoms with Crippen LogP contribution in [0.2, 0.25) is 5.02 Å². The minimum Gasteiger partial charge on any atom is -0.341 e. The Morgan fingerprint density at radius 2 is 1.85 bits per heavy atom. The fraction of sp³-hybridized carbons (Fsp3) is 0.111. The van der Waals surface area contributed by atoms with Crippen molar-refractivity contribution < 1.29 is 31.5 Å². The summed E-state index contributed by atoms with van der Waals surface area (Å²) in [6.07, 6.45) is -3.41. The van der Waals surface area contributed by atoms with Crippen LogP contribution in [0.3, 0.4) is 0 Å². The van der Waals surface area contributed by atoms with Crippen molar-refractivity contribution in [3.63, 3.8) is 0 Å². The number of amides is 2. The van der Waals surface area contributed by atoms with Crippen LogP contribution in [0.25, 0.3) is 11.1 Å². The number of benzene rings is 3. The summed E-state index contributed by atoms with van der Waals surface area (Å²) in [5.41, 5.74) is -1.17. The number of hydrogen-bond acceptors (Lipinski definition) is 4. The minimum atomic E-state index is -4.91. The van der Waals surface area contributed by atoms with Gasteiger partial charge in [-0.25, -0.2) is 8.78 Å². The van der Waals surface area contributed by atoms with Crippen LogP contribution >= 0.6 is 11.6 Å². The number of aromatic nitrogens is 2. The molecule has 0 bridgehead atoms. The Morgan fingerprint density at radius 3 is 2.55 bits per heavy atom. The molecule has 2 N–H and O–H groups in total. The number of alkyl halides is 3. The first-order valence-corrected chi connectivity index (χ1v) is 11.8. The Hall–Kier alpha value is -4.76. The molecule has 0 aliphatic carbocycles. The van der Waals surface area contributed by atoms with E-state index in [4.69, 9.17) is 11.6 Å². The Morgan fingerprint density at radius 1 is 1.10 bits per heavy atom. The van der Waals surface area contributed by atoms with E-state index in [1.54, 1.807) is 7.05 Å². The Labute approximate surface area is 227 Å². The van der Waals surface area contributed by atoms with E-state index in [0.717, 1.165) is 12.1 Å². The summed E-state index contributed by atoms with van der Waals surface area (Å²) in [6, 6.07) is 8.57. The van der Waals surface area contributed by atoms with Crippen LogP contribution in [0.15, 0.2) is 54.7 Å². The highest BCUT2D eigenvalue weighted by atomic mass is 35.5. The molecule has 3 aromatic carbocycles. The third kappa shape index (κ3) is 4.87. The molecular weight excluding hydrogens is 557 g/mol. The molecule has 40 heavy (non-hydrogen) atoms. The smallest absolute Gasteiger partial charge is 0.341 e. The van der Waals surface area contributed by atoms with Gasteiger partial charge in [-0.3, -0.25) is 14.3 Å². The maximum Gasteiger partial charge on any atom is 0.416 e. The topological polar surface area (TPSA) is 99.8 Å². The molecule has 202 valence electrons. The first-order chi connectivity index (χ1) is 18.8. The molecule has 0 fully saturated rings. The van der Waals surface area contributed by atoms with Crippen molar-refractivity contribution in [2.45, 2.75) is 12.2 Å². The zero-order valence-electron chi connectivity index (χ0n) is 20.2. The van der Waals surface area contributed by atoms with Gasteiger partial charge in [0.05, 0.1) is 11.6 Å². The molecule has 5 rings (SSSR count). The highest BCUT2D eigenvalue weighted by Crippen LogP contribution is 2.42. The molecule has 1 aliphatic heterocycles. The number of carbonyl (C=O) groups is 2. The second-order valence-electron chi connectivity index (χ2n) is 8.91. The number of carbonyl (C=O) groups excluding carboxylic acids is 2. The Balaban J connectivity index is 1.69. The molecule has 7 nitrogen and oxygen atoms in total. The maximum atomic E-state index is 14.1. The lowest BCUT2D eigenvalue weighted by molar-refractivity contribution is -0.137. The molecule has 2 amide bonds. The average Bonchev–Trinajstić information content (AvgIpc) is 3.44. The molecule has 0 saturated heterocycles. The van der Waals surface area contributed by atoms with Crippen molar-refractivity contribution in [1.82, 2.24) is 15.1 Å². The van der Waals surface area contributed by atoms with E-state index in [1.807, 2.05) is 6.07 Å². The van der Waals surface area contributed by atoms with Gasteiger partial charge in [-0.15, -0.1) is 0 Å². The van der Waals surface area contributed by atoms with Crippen LogP contribution in [0.1, 0.15) is 49.1 Å². The average molecular weight is 572 g/mol. The zero-order chi connectivity index (χ0) is 28.9. The summed E-state index contributed by atoms with van der Waals surface area (Å²) in [5.74, 6) is -3.67. The van der Waals surface area contributed by atoms with Crippen molar-refractivity contribution in [2.75, 3.05) is 5.32 Å². The Bertz CT molecular complexity index is 1760. The quantitative estimate of drug-likeness (QED) is 0.294. The molecule has 0 saturated carbocycles. The number of fused-ring (bicyclic) bond motifs is 1. The van der Waals surface area contributed by atoms with Gasteiger partial charge in [-0.1, -0.05) is 11.6 Å². The normalized spacial score (nSPS) is 14.4. The predicted molar refractivity (Wildman–Crippen MR) is 133 cm³/mol. The van der Waals surface area contributed by atoms with E-state index in [0.29, 0.717) is 17.7 Å². The molecule has 0 spiro atoms. The maximum absolute atomic E-state index is 14.1. The van der Waals surface area contributed by atoms with Gasteiger partial charge in [0.15, 0.2) is 5.69 Å². The Kier molecular flexibility index (Phi) is 6.55. The monoisotopic (exact) mass is 571 g/mol. The van der Waals surface area contributed by atoms with Crippen molar-refractivity contribution in [1.29, 1.82) is 5.26 Å². The van der Waals surface area contributed by atoms with Gasteiger partial charge >= 0.3 is 6.18 Å². The van der Waals surface area contributed by atoms with Crippen molar-refractivity contribution in [3.05, 3.63) is 105 Å². The van der Waals surface area contributed by atoms with Gasteiger partial charge in [0.1, 0.15) is 17.7 Å². The third-order valence-electron chi connectivity index (χ3n) is 6.24. The summed E-state index contributed by atoms with van der Waals surface area (Å²) in [4.78, 5) is 26.2. The van der Waals surface area contributed by atoms with Crippen molar-refractivity contribution in [3.8, 4) is 17.2 Å². The first-order valence-electron chi connectivity index (χ1n) is 11.4. The highest BCUT2D eigenvalue weighted by Gasteiger charge is 2.36. The summed E-state index contributed by atoms with van der Waals surface area (Å²) in [5, 5.41) is 18.8. The van der Waals surface area contributed by atoms with Gasteiger partial charge in [0, 0.05) is 51.8 Å². The minimum absolute atomic E-state index is 0.00260. The lowest BCUT2D eigenvalue weighted by Gasteiger charge is -2.19. The summed E-state index contributed by atoms with van der Waals surface area (Å²) in [7, 11) is 1.57. The summed E-state index contributed by atoms with van der Waals surface area (Å²) in [6.45, 7) is 0. The third-order valence-corrected chi connectivity index (χ3v) is 6.58. The highest BCUT2D eigenvalue weighted by molar-refractivity contribution is 6.31. The second-order valence-corrected chi connectivity index (χ2v) is 9.32. The molecule has 1 aromatic heterocycles. The molecular formula is C27H15ClF5N5O2. The number of rotatable bonds is 4.